The lowest BCUT2D eigenvalue weighted by molar-refractivity contribution is -0.141. The number of aromatic nitrogens is 2. The summed E-state index contributed by atoms with van der Waals surface area (Å²) in [5.74, 6) is -0.574. The largest absolute Gasteiger partial charge is 0.472 e. The van der Waals surface area contributed by atoms with Crippen LogP contribution in [0.25, 0.3) is 0 Å². The van der Waals surface area contributed by atoms with Gasteiger partial charge < -0.3 is 14.5 Å². The van der Waals surface area contributed by atoms with Crippen LogP contribution in [0.5, 0.6) is 0 Å². The van der Waals surface area contributed by atoms with E-state index in [1.165, 1.54) is 13.3 Å². The number of rotatable bonds is 5. The maximum atomic E-state index is 11.9. The average molecular weight is 298 g/mol. The van der Waals surface area contributed by atoms with Crippen molar-refractivity contribution in [1.82, 2.24) is 9.78 Å². The maximum Gasteiger partial charge on any atom is 0.327 e. The highest BCUT2D eigenvalue weighted by atomic mass is 35.5. The lowest BCUT2D eigenvalue weighted by atomic mass is 10.3. The summed E-state index contributed by atoms with van der Waals surface area (Å²) >= 11 is 5.95. The van der Waals surface area contributed by atoms with Crippen molar-refractivity contribution >= 4 is 23.3 Å². The van der Waals surface area contributed by atoms with Gasteiger partial charge in [0.25, 0.3) is 5.56 Å². The molecule has 0 aromatic carbocycles. The summed E-state index contributed by atoms with van der Waals surface area (Å²) in [7, 11) is 1.23. The van der Waals surface area contributed by atoms with Crippen LogP contribution in [0, 0.1) is 0 Å². The van der Waals surface area contributed by atoms with Gasteiger partial charge in [0.1, 0.15) is 11.6 Å². The quantitative estimate of drug-likeness (QED) is 0.837. The summed E-state index contributed by atoms with van der Waals surface area (Å²) < 4.78 is 10.3. The van der Waals surface area contributed by atoms with Gasteiger partial charge in [-0.15, -0.1) is 0 Å². The maximum absolute atomic E-state index is 11.9. The fourth-order valence-corrected chi connectivity index (χ4v) is 1.69. The molecule has 2 heterocycles. The molecule has 0 bridgehead atoms. The van der Waals surface area contributed by atoms with Crippen molar-refractivity contribution in [2.75, 3.05) is 12.4 Å². The number of carbonyl (C=O) groups is 1. The van der Waals surface area contributed by atoms with E-state index in [1.54, 1.807) is 18.6 Å². The van der Waals surface area contributed by atoms with Crippen molar-refractivity contribution in [2.24, 2.45) is 0 Å². The van der Waals surface area contributed by atoms with Crippen LogP contribution < -0.4 is 10.9 Å². The molecule has 8 heteroatoms. The molecule has 0 unspecified atom stereocenters. The number of halogens is 1. The molecule has 2 aromatic rings. The molecular formula is C12H12ClN3O4. The van der Waals surface area contributed by atoms with Crippen molar-refractivity contribution in [3.63, 3.8) is 0 Å². The summed E-state index contributed by atoms with van der Waals surface area (Å²) in [5.41, 5.74) is 0.730. The lowest BCUT2D eigenvalue weighted by Crippen LogP contribution is -2.28. The van der Waals surface area contributed by atoms with Crippen LogP contribution in [0.15, 0.2) is 34.0 Å². The van der Waals surface area contributed by atoms with Gasteiger partial charge in [-0.25, -0.2) is 4.68 Å². The Morgan fingerprint density at radius 2 is 2.40 bits per heavy atom. The predicted molar refractivity (Wildman–Crippen MR) is 71.6 cm³/mol. The third-order valence-corrected chi connectivity index (χ3v) is 2.92. The molecule has 2 rings (SSSR count). The van der Waals surface area contributed by atoms with Gasteiger partial charge in [-0.1, -0.05) is 11.6 Å². The Balaban J connectivity index is 2.14. The Morgan fingerprint density at radius 1 is 1.60 bits per heavy atom. The Morgan fingerprint density at radius 3 is 3.05 bits per heavy atom. The molecule has 0 spiro atoms. The zero-order valence-corrected chi connectivity index (χ0v) is 11.4. The molecule has 0 atom stereocenters. The molecule has 0 aliphatic rings. The van der Waals surface area contributed by atoms with Gasteiger partial charge >= 0.3 is 5.97 Å². The number of nitrogens with zero attached hydrogens (tertiary/aromatic N) is 2. The zero-order valence-electron chi connectivity index (χ0n) is 10.6. The highest BCUT2D eigenvalue weighted by Gasteiger charge is 2.12. The number of carbonyl (C=O) groups excluding carboxylic acids is 1. The number of nitrogens with one attached hydrogen (secondary N) is 1. The van der Waals surface area contributed by atoms with Gasteiger partial charge in [-0.2, -0.15) is 5.10 Å². The first kappa shape index (κ1) is 14.1. The average Bonchev–Trinajstić information content (AvgIpc) is 2.96. The number of esters is 1. The number of ether oxygens (including phenoxy) is 1. The van der Waals surface area contributed by atoms with Crippen molar-refractivity contribution in [2.45, 2.75) is 13.1 Å². The van der Waals surface area contributed by atoms with E-state index in [0.29, 0.717) is 12.2 Å². The molecule has 0 amide bonds. The normalized spacial score (nSPS) is 10.3. The minimum absolute atomic E-state index is 0.0348. The second kappa shape index (κ2) is 6.25. The fraction of sp³-hybridized carbons (Fsp3) is 0.250. The standard InChI is InChI=1S/C12H12ClN3O4/c1-19-10(17)6-16-12(18)11(13)9(5-15-16)14-4-8-2-3-20-7-8/h2-3,5,7,14H,4,6H2,1H3. The summed E-state index contributed by atoms with van der Waals surface area (Å²) in [4.78, 5) is 23.0. The minimum Gasteiger partial charge on any atom is -0.472 e. The van der Waals surface area contributed by atoms with E-state index in [9.17, 15) is 9.59 Å². The molecule has 106 valence electrons. The lowest BCUT2D eigenvalue weighted by Gasteiger charge is -2.08. The molecule has 0 saturated heterocycles. The van der Waals surface area contributed by atoms with E-state index in [0.717, 1.165) is 10.2 Å². The van der Waals surface area contributed by atoms with E-state index >= 15 is 0 Å². The van der Waals surface area contributed by atoms with Crippen molar-refractivity contribution in [3.8, 4) is 0 Å². The first-order valence-electron chi connectivity index (χ1n) is 5.69. The third kappa shape index (κ3) is 3.18. The van der Waals surface area contributed by atoms with Gasteiger partial charge in [-0.3, -0.25) is 9.59 Å². The summed E-state index contributed by atoms with van der Waals surface area (Å²) in [6.07, 6.45) is 4.50. The molecule has 0 aliphatic heterocycles. The highest BCUT2D eigenvalue weighted by Crippen LogP contribution is 2.16. The number of hydrogen-bond donors (Lipinski definition) is 1. The molecule has 0 saturated carbocycles. The zero-order chi connectivity index (χ0) is 14.5. The van der Waals surface area contributed by atoms with Gasteiger partial charge in [0.05, 0.1) is 31.5 Å². The smallest absolute Gasteiger partial charge is 0.327 e. The predicted octanol–water partition coefficient (Wildman–Crippen LogP) is 1.27. The molecule has 1 N–H and O–H groups in total. The van der Waals surface area contributed by atoms with Crippen molar-refractivity contribution in [3.05, 3.63) is 45.7 Å². The molecule has 20 heavy (non-hydrogen) atoms. The molecular weight excluding hydrogens is 286 g/mol. The molecule has 0 aliphatic carbocycles. The minimum atomic E-state index is -0.574. The fourth-order valence-electron chi connectivity index (χ4n) is 1.48. The van der Waals surface area contributed by atoms with Crippen LogP contribution in [-0.2, 0) is 22.6 Å². The Labute approximate surface area is 119 Å². The Bertz CT molecular complexity index is 651. The number of furan rings is 1. The van der Waals surface area contributed by atoms with E-state index < -0.39 is 11.5 Å². The molecule has 2 aromatic heterocycles. The van der Waals surface area contributed by atoms with Crippen LogP contribution >= 0.6 is 11.6 Å². The van der Waals surface area contributed by atoms with Crippen LogP contribution in [0.3, 0.4) is 0 Å². The van der Waals surface area contributed by atoms with Gasteiger partial charge in [0, 0.05) is 12.1 Å². The highest BCUT2D eigenvalue weighted by molar-refractivity contribution is 6.32. The van der Waals surface area contributed by atoms with Gasteiger partial charge in [-0.05, 0) is 6.07 Å². The molecule has 7 nitrogen and oxygen atoms in total. The second-order valence-corrected chi connectivity index (χ2v) is 4.27. The van der Waals surface area contributed by atoms with Crippen molar-refractivity contribution in [1.29, 1.82) is 0 Å². The second-order valence-electron chi connectivity index (χ2n) is 3.90. The van der Waals surface area contributed by atoms with Crippen LogP contribution in [0.2, 0.25) is 5.02 Å². The Kier molecular flexibility index (Phi) is 4.41. The first-order chi connectivity index (χ1) is 9.61. The van der Waals surface area contributed by atoms with E-state index in [4.69, 9.17) is 16.0 Å². The van der Waals surface area contributed by atoms with Crippen LogP contribution in [0.1, 0.15) is 5.56 Å². The van der Waals surface area contributed by atoms with Gasteiger partial charge in [0.15, 0.2) is 0 Å². The van der Waals surface area contributed by atoms with Crippen LogP contribution in [0.4, 0.5) is 5.69 Å². The SMILES string of the molecule is COC(=O)Cn1ncc(NCc2ccoc2)c(Cl)c1=O. The topological polar surface area (TPSA) is 86.4 Å². The number of anilines is 1. The first-order valence-corrected chi connectivity index (χ1v) is 6.07. The van der Waals surface area contributed by atoms with Crippen molar-refractivity contribution < 1.29 is 13.9 Å². The monoisotopic (exact) mass is 297 g/mol. The van der Waals surface area contributed by atoms with E-state index in [1.807, 2.05) is 0 Å². The summed E-state index contributed by atoms with van der Waals surface area (Å²) in [6.45, 7) is 0.162. The van der Waals surface area contributed by atoms with Gasteiger partial charge in [0.2, 0.25) is 0 Å². The van der Waals surface area contributed by atoms with Crippen LogP contribution in [-0.4, -0.2) is 22.9 Å². The molecule has 0 fully saturated rings. The van der Waals surface area contributed by atoms with E-state index in [2.05, 4.69) is 15.2 Å². The number of hydrogen-bond acceptors (Lipinski definition) is 6. The summed E-state index contributed by atoms with van der Waals surface area (Å²) in [6, 6.07) is 1.78. The van der Waals surface area contributed by atoms with E-state index in [-0.39, 0.29) is 11.6 Å². The molecule has 0 radical (unpaired) electrons. The third-order valence-electron chi connectivity index (χ3n) is 2.55. The Hall–Kier alpha value is -2.28. The number of methoxy groups -OCH3 is 1. The summed E-state index contributed by atoms with van der Waals surface area (Å²) in [5, 5.41) is 6.79.